The second kappa shape index (κ2) is 22.7. The number of rotatable bonds is 11. The highest BCUT2D eigenvalue weighted by atomic mass is 19.2. The molecule has 4 amide bonds. The number of benzene rings is 2. The number of phenols is 1. The van der Waals surface area contributed by atoms with E-state index >= 15 is 0 Å². The molecule has 384 valence electrons. The number of ether oxygens (including phenoxy) is 2. The number of nitrogens with zero attached hydrogens (tertiary/aromatic N) is 6. The fourth-order valence-corrected chi connectivity index (χ4v) is 10.9. The Balaban J connectivity index is 1.25. The molecule has 2 aromatic carbocycles. The smallest absolute Gasteiger partial charge is 0.305 e. The number of nitrogens with one attached hydrogen (secondary N) is 2. The van der Waals surface area contributed by atoms with E-state index in [1.165, 1.54) is 16.6 Å². The number of hydrogen-bond acceptors (Lipinski definition) is 11. The van der Waals surface area contributed by atoms with E-state index in [2.05, 4.69) is 48.9 Å². The minimum atomic E-state index is -1.36. The van der Waals surface area contributed by atoms with Crippen LogP contribution in [0.15, 0.2) is 54.7 Å². The standard InChI is InChI=1S/C54H73FN8O8/c1-10-62-44-19-18-36-29-41(44)42(49(62)40-15-13-21-56-47(40)34(4)70-9)30-54(5,6)32-71-46(65)17-11-12-23-63(58-55)52(68)43(27-35-25-38(36)28-39(64)26-35)57-50(66)48(33(2)3)60(8)51(67)37-20-24-61(31-37)53(69)45-16-14-22-59(45)7/h13,15,18-19,21,25-26,28-29,33-34,37,43,45,48,58,64H,10-12,14,16-17,20,22-24,27,30-32H2,1-9H3,(H,57,66)/t34-,37-,43-,45+,48?/m0/s1. The van der Waals surface area contributed by atoms with Crippen molar-refractivity contribution >= 4 is 40.5 Å². The molecule has 5 atom stereocenters. The highest BCUT2D eigenvalue weighted by Gasteiger charge is 2.41. The minimum Gasteiger partial charge on any atom is -0.508 e. The Labute approximate surface area is 417 Å². The molecule has 3 N–H and O–H groups in total. The highest BCUT2D eigenvalue weighted by Crippen LogP contribution is 2.42. The van der Waals surface area contributed by atoms with Gasteiger partial charge in [-0.05, 0) is 131 Å². The van der Waals surface area contributed by atoms with E-state index in [0.29, 0.717) is 43.5 Å². The van der Waals surface area contributed by atoms with Crippen molar-refractivity contribution in [1.82, 2.24) is 40.2 Å². The van der Waals surface area contributed by atoms with Crippen molar-refractivity contribution in [1.29, 1.82) is 0 Å². The average Bonchev–Trinajstić information content (AvgIpc) is 4.09. The van der Waals surface area contributed by atoms with Gasteiger partial charge in [-0.3, -0.25) is 33.9 Å². The molecular weight excluding hydrogens is 908 g/mol. The second-order valence-corrected chi connectivity index (χ2v) is 20.9. The molecule has 2 aromatic heterocycles. The lowest BCUT2D eigenvalue weighted by atomic mass is 9.84. The van der Waals surface area contributed by atoms with Gasteiger partial charge >= 0.3 is 5.97 Å². The van der Waals surface area contributed by atoms with Crippen LogP contribution in [-0.4, -0.2) is 136 Å². The zero-order valence-electron chi connectivity index (χ0n) is 42.9. The molecule has 0 radical (unpaired) electrons. The zero-order valence-corrected chi connectivity index (χ0v) is 42.9. The van der Waals surface area contributed by atoms with Crippen LogP contribution >= 0.6 is 0 Å². The van der Waals surface area contributed by atoms with Crippen molar-refractivity contribution in [3.63, 3.8) is 0 Å². The normalized spacial score (nSPS) is 21.4. The van der Waals surface area contributed by atoms with E-state index in [1.807, 2.05) is 50.9 Å². The number of hydrogen-bond donors (Lipinski definition) is 3. The highest BCUT2D eigenvalue weighted by molar-refractivity contribution is 5.96. The fourth-order valence-electron chi connectivity index (χ4n) is 10.9. The quantitative estimate of drug-likeness (QED) is 0.107. The number of aromatic nitrogens is 2. The number of likely N-dealkylation sites (tertiary alicyclic amines) is 2. The number of amides is 4. The van der Waals surface area contributed by atoms with Gasteiger partial charge in [0.1, 0.15) is 17.8 Å². The molecule has 7 rings (SSSR count). The van der Waals surface area contributed by atoms with Gasteiger partial charge in [-0.1, -0.05) is 45.5 Å². The Kier molecular flexibility index (Phi) is 16.9. The number of phenolic OH excluding ortho intramolecular Hbond substituents is 1. The lowest BCUT2D eigenvalue weighted by Crippen LogP contribution is -2.58. The number of hydrazine groups is 1. The summed E-state index contributed by atoms with van der Waals surface area (Å²) in [7, 11) is 5.16. The molecular formula is C54H73FN8O8. The lowest BCUT2D eigenvalue weighted by molar-refractivity contribution is -0.147. The monoisotopic (exact) mass is 981 g/mol. The number of aromatic hydroxyl groups is 1. The Hall–Kier alpha value is -5.91. The number of carbonyl (C=O) groups excluding carboxylic acids is 5. The van der Waals surface area contributed by atoms with Gasteiger partial charge in [0.05, 0.1) is 36.1 Å². The summed E-state index contributed by atoms with van der Waals surface area (Å²) in [6.45, 7) is 14.0. The van der Waals surface area contributed by atoms with Crippen LogP contribution < -0.4 is 11.0 Å². The first-order chi connectivity index (χ1) is 33.9. The predicted molar refractivity (Wildman–Crippen MR) is 269 cm³/mol. The van der Waals surface area contributed by atoms with Gasteiger partial charge in [0.25, 0.3) is 5.91 Å². The summed E-state index contributed by atoms with van der Waals surface area (Å²) in [4.78, 5) is 79.8. The van der Waals surface area contributed by atoms with Crippen molar-refractivity contribution < 1.29 is 43.0 Å². The van der Waals surface area contributed by atoms with Crippen molar-refractivity contribution in [3.8, 4) is 28.1 Å². The summed E-state index contributed by atoms with van der Waals surface area (Å²) < 4.78 is 28.7. The minimum absolute atomic E-state index is 0.0177. The van der Waals surface area contributed by atoms with Crippen molar-refractivity contribution in [3.05, 3.63) is 71.5 Å². The van der Waals surface area contributed by atoms with Gasteiger partial charge < -0.3 is 34.3 Å². The van der Waals surface area contributed by atoms with Gasteiger partial charge in [0, 0.05) is 81.3 Å². The molecule has 71 heavy (non-hydrogen) atoms. The van der Waals surface area contributed by atoms with E-state index in [0.717, 1.165) is 63.4 Å². The van der Waals surface area contributed by atoms with Gasteiger partial charge in [0.2, 0.25) is 17.7 Å². The summed E-state index contributed by atoms with van der Waals surface area (Å²) in [5, 5.41) is 16.0. The van der Waals surface area contributed by atoms with Crippen LogP contribution in [-0.2, 0) is 52.8 Å². The van der Waals surface area contributed by atoms with Gasteiger partial charge in [-0.2, -0.15) is 0 Å². The molecule has 4 aromatic rings. The molecule has 2 fully saturated rings. The van der Waals surface area contributed by atoms with E-state index in [1.54, 1.807) is 31.3 Å². The first-order valence-electron chi connectivity index (χ1n) is 25.2. The van der Waals surface area contributed by atoms with Crippen molar-refractivity contribution in [2.24, 2.45) is 17.3 Å². The average molecular weight is 981 g/mol. The Morgan fingerprint density at radius 2 is 1.79 bits per heavy atom. The topological polar surface area (TPSA) is 179 Å². The molecule has 17 heteroatoms. The maximum atomic E-state index is 14.7. The third-order valence-electron chi connectivity index (χ3n) is 14.7. The number of carbonyl (C=O) groups is 5. The van der Waals surface area contributed by atoms with Crippen LogP contribution in [0.3, 0.4) is 0 Å². The summed E-state index contributed by atoms with van der Waals surface area (Å²) in [5.41, 5.74) is 7.58. The fraction of sp³-hybridized carbons (Fsp3) is 0.556. The van der Waals surface area contributed by atoms with Crippen molar-refractivity contribution in [2.45, 2.75) is 124 Å². The third kappa shape index (κ3) is 11.7. The summed E-state index contributed by atoms with van der Waals surface area (Å²) >= 11 is 0. The maximum absolute atomic E-state index is 14.7. The summed E-state index contributed by atoms with van der Waals surface area (Å²) in [5.74, 6) is -3.07. The number of esters is 1. The van der Waals surface area contributed by atoms with Gasteiger partial charge in [-0.25, -0.2) is 5.01 Å². The zero-order chi connectivity index (χ0) is 51.3. The number of methoxy groups -OCH3 is 1. The van der Waals surface area contributed by atoms with Crippen LogP contribution in [0, 0.1) is 17.3 Å². The van der Waals surface area contributed by atoms with Crippen LogP contribution in [0.2, 0.25) is 0 Å². The SMILES string of the molecule is CCn1c(-c2cccnc2[C@H](C)OC)c2c3cc(ccc31)-c1cc(O)cc(c1)C[C@H](NC(=O)C(C(C)C)N(C)C(=O)[C@H]1CCN(C(=O)[C@H]3CCCN3C)C1)C(=O)N(NF)CCCCC(=O)OCC(C)(C)C2. The number of fused-ring (bicyclic) bond motifs is 4. The molecule has 0 saturated carbocycles. The van der Waals surface area contributed by atoms with E-state index in [-0.39, 0.29) is 68.7 Å². The van der Waals surface area contributed by atoms with E-state index in [9.17, 15) is 33.6 Å². The predicted octanol–water partition coefficient (Wildman–Crippen LogP) is 6.77. The molecule has 4 bridgehead atoms. The first kappa shape index (κ1) is 52.9. The Bertz CT molecular complexity index is 2600. The third-order valence-corrected chi connectivity index (χ3v) is 14.7. The van der Waals surface area contributed by atoms with Gasteiger partial charge in [-0.15, -0.1) is 4.48 Å². The number of pyridine rings is 1. The molecule has 0 aliphatic carbocycles. The molecule has 3 aliphatic heterocycles. The number of halogens is 1. The molecule has 0 spiro atoms. The molecule has 3 aliphatic rings. The molecule has 16 nitrogen and oxygen atoms in total. The van der Waals surface area contributed by atoms with Crippen LogP contribution in [0.5, 0.6) is 5.75 Å². The summed E-state index contributed by atoms with van der Waals surface area (Å²) in [6.07, 6.45) is 4.58. The molecule has 5 heterocycles. The lowest BCUT2D eigenvalue weighted by Gasteiger charge is -2.34. The molecule has 1 unspecified atom stereocenters. The van der Waals surface area contributed by atoms with Gasteiger partial charge in [0.15, 0.2) is 0 Å². The molecule has 2 saturated heterocycles. The van der Waals surface area contributed by atoms with Crippen molar-refractivity contribution in [2.75, 3.05) is 54.0 Å². The van der Waals surface area contributed by atoms with Crippen LogP contribution in [0.1, 0.15) is 103 Å². The van der Waals surface area contributed by atoms with E-state index < -0.39 is 47.1 Å². The van der Waals surface area contributed by atoms with Crippen LogP contribution in [0.25, 0.3) is 33.3 Å². The largest absolute Gasteiger partial charge is 0.508 e. The number of cyclic esters (lactones) is 1. The van der Waals surface area contributed by atoms with E-state index in [4.69, 9.17) is 14.5 Å². The van der Waals surface area contributed by atoms with Crippen LogP contribution in [0.4, 0.5) is 4.48 Å². The Morgan fingerprint density at radius 3 is 2.48 bits per heavy atom. The maximum Gasteiger partial charge on any atom is 0.305 e. The number of aryl methyl sites for hydroxylation is 1. The first-order valence-corrected chi connectivity index (χ1v) is 25.2. The second-order valence-electron chi connectivity index (χ2n) is 20.9. The Morgan fingerprint density at radius 1 is 1.01 bits per heavy atom. The number of likely N-dealkylation sites (N-methyl/N-ethyl adjacent to an activating group) is 2. The summed E-state index contributed by atoms with van der Waals surface area (Å²) in [6, 6.07) is 12.5.